The predicted molar refractivity (Wildman–Crippen MR) is 175 cm³/mol. The molecule has 7 nitrogen and oxygen atoms in total. The van der Waals surface area contributed by atoms with Gasteiger partial charge < -0.3 is 9.64 Å². The lowest BCUT2D eigenvalue weighted by molar-refractivity contribution is 0.415. The maximum Gasteiger partial charge on any atom is 0.241 e. The van der Waals surface area contributed by atoms with Crippen molar-refractivity contribution in [2.75, 3.05) is 28.9 Å². The van der Waals surface area contributed by atoms with E-state index in [1.807, 2.05) is 120 Å². The zero-order valence-electron chi connectivity index (χ0n) is 24.4. The van der Waals surface area contributed by atoms with E-state index < -0.39 is 0 Å². The van der Waals surface area contributed by atoms with Crippen LogP contribution in [0.5, 0.6) is 5.75 Å². The maximum atomic E-state index is 5.44. The summed E-state index contributed by atoms with van der Waals surface area (Å²) >= 11 is 0. The summed E-state index contributed by atoms with van der Waals surface area (Å²) in [5, 5.41) is 0. The van der Waals surface area contributed by atoms with Crippen molar-refractivity contribution in [2.45, 2.75) is 6.92 Å². The van der Waals surface area contributed by atoms with Crippen molar-refractivity contribution in [1.29, 1.82) is 0 Å². The van der Waals surface area contributed by atoms with E-state index >= 15 is 0 Å². The van der Waals surface area contributed by atoms with E-state index in [1.165, 1.54) is 5.56 Å². The molecule has 0 aliphatic carbocycles. The quantitative estimate of drug-likeness (QED) is 0.174. The third kappa shape index (κ3) is 6.01. The standard InChI is InChI=1S/C36H32N6O/c1-27-19-21-31(22-20-27)41(29-15-9-5-10-16-29)35-37-34(40(2)28-13-7-4-8-14-28)38-36(39-35)42(30-17-11-6-12-18-30)32-23-25-33(43-3)26-24-32/h4-26H,1-3H3. The number of nitrogens with zero attached hydrogens (tertiary/aromatic N) is 6. The topological polar surface area (TPSA) is 57.6 Å². The first kappa shape index (κ1) is 27.5. The summed E-state index contributed by atoms with van der Waals surface area (Å²) in [6, 6.07) is 46.6. The van der Waals surface area contributed by atoms with Gasteiger partial charge in [0, 0.05) is 35.5 Å². The lowest BCUT2D eigenvalue weighted by Gasteiger charge is -2.28. The van der Waals surface area contributed by atoms with Crippen molar-refractivity contribution in [3.8, 4) is 5.75 Å². The van der Waals surface area contributed by atoms with E-state index in [2.05, 4.69) is 48.2 Å². The average molecular weight is 565 g/mol. The van der Waals surface area contributed by atoms with Crippen molar-refractivity contribution in [2.24, 2.45) is 0 Å². The number of hydrogen-bond acceptors (Lipinski definition) is 7. The average Bonchev–Trinajstić information content (AvgIpc) is 3.07. The van der Waals surface area contributed by atoms with Gasteiger partial charge in [-0.2, -0.15) is 15.0 Å². The number of anilines is 8. The summed E-state index contributed by atoms with van der Waals surface area (Å²) < 4.78 is 5.44. The van der Waals surface area contributed by atoms with Crippen molar-refractivity contribution in [3.63, 3.8) is 0 Å². The molecule has 0 aliphatic rings. The molecule has 7 heteroatoms. The van der Waals surface area contributed by atoms with Crippen molar-refractivity contribution in [1.82, 2.24) is 15.0 Å². The Kier molecular flexibility index (Phi) is 7.95. The third-order valence-electron chi connectivity index (χ3n) is 7.10. The largest absolute Gasteiger partial charge is 0.497 e. The predicted octanol–water partition coefficient (Wildman–Crippen LogP) is 8.90. The first-order valence-electron chi connectivity index (χ1n) is 14.1. The van der Waals surface area contributed by atoms with E-state index in [4.69, 9.17) is 19.7 Å². The molecule has 0 atom stereocenters. The Hall–Kier alpha value is -5.69. The highest BCUT2D eigenvalue weighted by molar-refractivity contribution is 5.77. The molecule has 0 spiro atoms. The van der Waals surface area contributed by atoms with E-state index in [0.29, 0.717) is 17.8 Å². The van der Waals surface area contributed by atoms with Crippen LogP contribution in [0.4, 0.5) is 46.3 Å². The van der Waals surface area contributed by atoms with Gasteiger partial charge in [0.2, 0.25) is 17.8 Å². The summed E-state index contributed by atoms with van der Waals surface area (Å²) in [7, 11) is 3.63. The summed E-state index contributed by atoms with van der Waals surface area (Å²) in [4.78, 5) is 21.3. The Balaban J connectivity index is 1.59. The lowest BCUT2D eigenvalue weighted by atomic mass is 10.2. The van der Waals surface area contributed by atoms with Gasteiger partial charge in [0.25, 0.3) is 0 Å². The van der Waals surface area contributed by atoms with E-state index in [-0.39, 0.29) is 0 Å². The van der Waals surface area contributed by atoms with Gasteiger partial charge in [-0.25, -0.2) is 0 Å². The van der Waals surface area contributed by atoms with Crippen molar-refractivity contribution < 1.29 is 4.74 Å². The molecule has 0 fully saturated rings. The zero-order valence-corrected chi connectivity index (χ0v) is 24.4. The maximum absolute atomic E-state index is 5.44. The minimum Gasteiger partial charge on any atom is -0.497 e. The van der Waals surface area contributed by atoms with Gasteiger partial charge in [-0.1, -0.05) is 72.3 Å². The number of benzene rings is 5. The fourth-order valence-corrected chi connectivity index (χ4v) is 4.80. The van der Waals surface area contributed by atoms with Crippen LogP contribution in [0.25, 0.3) is 0 Å². The van der Waals surface area contributed by atoms with Gasteiger partial charge in [-0.3, -0.25) is 9.80 Å². The third-order valence-corrected chi connectivity index (χ3v) is 7.10. The van der Waals surface area contributed by atoms with Crippen LogP contribution in [0.3, 0.4) is 0 Å². The second-order valence-electron chi connectivity index (χ2n) is 10.0. The van der Waals surface area contributed by atoms with Gasteiger partial charge in [0.1, 0.15) is 5.75 Å². The molecular formula is C36H32N6O. The number of aromatic nitrogens is 3. The first-order valence-corrected chi connectivity index (χ1v) is 14.1. The van der Waals surface area contributed by atoms with Gasteiger partial charge in [-0.05, 0) is 79.7 Å². The minimum atomic E-state index is 0.479. The molecule has 6 rings (SSSR count). The molecule has 0 unspecified atom stereocenters. The zero-order chi connectivity index (χ0) is 29.6. The Morgan fingerprint density at radius 2 is 0.814 bits per heavy atom. The van der Waals surface area contributed by atoms with Gasteiger partial charge >= 0.3 is 0 Å². The Morgan fingerprint density at radius 3 is 1.26 bits per heavy atom. The molecule has 43 heavy (non-hydrogen) atoms. The summed E-state index contributed by atoms with van der Waals surface area (Å²) in [6.45, 7) is 2.08. The minimum absolute atomic E-state index is 0.479. The number of rotatable bonds is 9. The number of para-hydroxylation sites is 3. The van der Waals surface area contributed by atoms with E-state index in [9.17, 15) is 0 Å². The van der Waals surface area contributed by atoms with Crippen LogP contribution >= 0.6 is 0 Å². The number of hydrogen-bond donors (Lipinski definition) is 0. The monoisotopic (exact) mass is 564 g/mol. The van der Waals surface area contributed by atoms with Crippen LogP contribution in [0.1, 0.15) is 5.56 Å². The molecule has 1 aromatic heterocycles. The van der Waals surface area contributed by atoms with Gasteiger partial charge in [0.05, 0.1) is 7.11 Å². The molecule has 0 saturated heterocycles. The number of ether oxygens (including phenoxy) is 1. The van der Waals surface area contributed by atoms with Crippen molar-refractivity contribution >= 4 is 46.3 Å². The van der Waals surface area contributed by atoms with Crippen LogP contribution < -0.4 is 19.4 Å². The van der Waals surface area contributed by atoms with E-state index in [0.717, 1.165) is 34.2 Å². The molecule has 6 aromatic rings. The molecule has 1 heterocycles. The SMILES string of the molecule is COc1ccc(N(c2ccccc2)c2nc(N(C)c3ccccc3)nc(N(c3ccccc3)c3ccc(C)cc3)n2)cc1. The molecular weight excluding hydrogens is 532 g/mol. The molecule has 0 amide bonds. The Morgan fingerprint density at radius 1 is 0.442 bits per heavy atom. The van der Waals surface area contributed by atoms with Crippen LogP contribution in [-0.4, -0.2) is 29.1 Å². The Labute approximate surface area is 252 Å². The van der Waals surface area contributed by atoms with Crippen LogP contribution in [0.2, 0.25) is 0 Å². The molecule has 212 valence electrons. The lowest BCUT2D eigenvalue weighted by Crippen LogP contribution is -2.22. The second-order valence-corrected chi connectivity index (χ2v) is 10.0. The van der Waals surface area contributed by atoms with Crippen LogP contribution in [0.15, 0.2) is 140 Å². The van der Waals surface area contributed by atoms with Gasteiger partial charge in [0.15, 0.2) is 0 Å². The molecule has 0 aliphatic heterocycles. The fourth-order valence-electron chi connectivity index (χ4n) is 4.80. The number of methoxy groups -OCH3 is 1. The highest BCUT2D eigenvalue weighted by Crippen LogP contribution is 2.38. The van der Waals surface area contributed by atoms with Crippen molar-refractivity contribution in [3.05, 3.63) is 145 Å². The Bertz CT molecular complexity index is 1760. The van der Waals surface area contributed by atoms with Crippen LogP contribution in [-0.2, 0) is 0 Å². The smallest absolute Gasteiger partial charge is 0.241 e. The molecule has 0 N–H and O–H groups in total. The highest BCUT2D eigenvalue weighted by atomic mass is 16.5. The molecule has 0 bridgehead atoms. The highest BCUT2D eigenvalue weighted by Gasteiger charge is 2.24. The first-order chi connectivity index (χ1) is 21.1. The van der Waals surface area contributed by atoms with E-state index in [1.54, 1.807) is 7.11 Å². The van der Waals surface area contributed by atoms with Crippen LogP contribution in [0, 0.1) is 6.92 Å². The second kappa shape index (κ2) is 12.4. The molecule has 0 radical (unpaired) electrons. The molecule has 0 saturated carbocycles. The summed E-state index contributed by atoms with van der Waals surface area (Å²) in [5.74, 6) is 2.25. The summed E-state index contributed by atoms with van der Waals surface area (Å²) in [5.41, 5.74) is 5.82. The summed E-state index contributed by atoms with van der Waals surface area (Å²) in [6.07, 6.45) is 0. The number of aryl methyl sites for hydroxylation is 1. The fraction of sp³-hybridized carbons (Fsp3) is 0.0833. The molecule has 5 aromatic carbocycles. The normalized spacial score (nSPS) is 10.7. The van der Waals surface area contributed by atoms with Gasteiger partial charge in [-0.15, -0.1) is 0 Å².